The molecule has 0 spiro atoms. The van der Waals surface area contributed by atoms with E-state index in [4.69, 9.17) is 4.74 Å². The number of hydrogen-bond acceptors (Lipinski definition) is 5. The fraction of sp³-hybridized carbons (Fsp3) is 0.542. The summed E-state index contributed by atoms with van der Waals surface area (Å²) in [6.45, 7) is 11.8. The average Bonchev–Trinajstić information content (AvgIpc) is 3.20. The summed E-state index contributed by atoms with van der Waals surface area (Å²) in [7, 11) is 0. The number of ether oxygens (including phenoxy) is 1. The molecule has 9 heteroatoms. The number of aromatic nitrogens is 2. The molecule has 1 saturated heterocycles. The molecule has 1 aromatic heterocycles. The van der Waals surface area contributed by atoms with Gasteiger partial charge >= 0.3 is 6.09 Å². The lowest BCUT2D eigenvalue weighted by atomic mass is 10.2. The van der Waals surface area contributed by atoms with Crippen LogP contribution < -0.4 is 5.32 Å². The number of hydrogen-bond donors (Lipinski definition) is 1. The smallest absolute Gasteiger partial charge is 0.410 e. The van der Waals surface area contributed by atoms with Crippen molar-refractivity contribution in [1.82, 2.24) is 24.9 Å². The van der Waals surface area contributed by atoms with E-state index in [-0.39, 0.29) is 17.8 Å². The first-order chi connectivity index (χ1) is 15.7. The molecule has 0 radical (unpaired) electrons. The van der Waals surface area contributed by atoms with Gasteiger partial charge in [-0.25, -0.2) is 13.9 Å². The van der Waals surface area contributed by atoms with Crippen LogP contribution in [-0.2, 0) is 11.2 Å². The van der Waals surface area contributed by atoms with Crippen LogP contribution in [0.5, 0.6) is 0 Å². The highest BCUT2D eigenvalue weighted by Crippen LogP contribution is 2.16. The second-order valence-electron chi connectivity index (χ2n) is 9.17. The second kappa shape index (κ2) is 10.8. The minimum absolute atomic E-state index is 0.157. The predicted octanol–water partition coefficient (Wildman–Crippen LogP) is 3.25. The number of rotatable bonds is 7. The number of benzene rings is 1. The molecule has 1 aliphatic rings. The van der Waals surface area contributed by atoms with E-state index in [1.54, 1.807) is 27.9 Å². The Morgan fingerprint density at radius 3 is 2.39 bits per heavy atom. The van der Waals surface area contributed by atoms with Crippen molar-refractivity contribution in [3.8, 4) is 5.69 Å². The molecule has 0 bridgehead atoms. The number of nitrogens with zero attached hydrogens (tertiary/aromatic N) is 4. The maximum atomic E-state index is 13.2. The van der Waals surface area contributed by atoms with Gasteiger partial charge in [-0.1, -0.05) is 6.92 Å². The van der Waals surface area contributed by atoms with Crippen molar-refractivity contribution < 1.29 is 18.7 Å². The molecule has 2 aromatic rings. The number of nitrogens with one attached hydrogen (secondary N) is 1. The van der Waals surface area contributed by atoms with Crippen molar-refractivity contribution in [2.24, 2.45) is 0 Å². The first-order valence-electron chi connectivity index (χ1n) is 11.5. The summed E-state index contributed by atoms with van der Waals surface area (Å²) in [5, 5.41) is 7.31. The van der Waals surface area contributed by atoms with Crippen LogP contribution in [0.25, 0.3) is 5.69 Å². The summed E-state index contributed by atoms with van der Waals surface area (Å²) in [5.41, 5.74) is 1.56. The van der Waals surface area contributed by atoms with E-state index in [9.17, 15) is 14.0 Å². The standard InChI is InChI=1S/C24H34FN5O3/c1-5-21-20(17-27-30(21)19-9-7-18(25)8-10-19)22(31)26-11-6-12-28-13-15-29(16-14-28)23(32)33-24(2,3)4/h7-10,17H,5-6,11-16H2,1-4H3,(H,26,31). The summed E-state index contributed by atoms with van der Waals surface area (Å²) in [6, 6.07) is 6.05. The van der Waals surface area contributed by atoms with Crippen LogP contribution in [0.3, 0.4) is 0 Å². The lowest BCUT2D eigenvalue weighted by Gasteiger charge is -2.35. The van der Waals surface area contributed by atoms with Crippen LogP contribution in [0.15, 0.2) is 30.5 Å². The summed E-state index contributed by atoms with van der Waals surface area (Å²) in [4.78, 5) is 28.9. The van der Waals surface area contributed by atoms with Crippen molar-refractivity contribution in [1.29, 1.82) is 0 Å². The van der Waals surface area contributed by atoms with E-state index >= 15 is 0 Å². The van der Waals surface area contributed by atoms with E-state index in [1.165, 1.54) is 12.1 Å². The topological polar surface area (TPSA) is 79.7 Å². The third kappa shape index (κ3) is 6.77. The molecule has 1 fully saturated rings. The van der Waals surface area contributed by atoms with Gasteiger partial charge in [0.15, 0.2) is 0 Å². The molecule has 2 amide bonds. The third-order valence-electron chi connectivity index (χ3n) is 5.48. The molecular weight excluding hydrogens is 425 g/mol. The molecular formula is C24H34FN5O3. The molecule has 0 unspecified atom stereocenters. The molecule has 1 aromatic carbocycles. The van der Waals surface area contributed by atoms with Gasteiger partial charge in [-0.2, -0.15) is 5.10 Å². The largest absolute Gasteiger partial charge is 0.444 e. The monoisotopic (exact) mass is 459 g/mol. The Labute approximate surface area is 194 Å². The zero-order chi connectivity index (χ0) is 24.0. The van der Waals surface area contributed by atoms with Crippen LogP contribution in [0.4, 0.5) is 9.18 Å². The Morgan fingerprint density at radius 2 is 1.79 bits per heavy atom. The van der Waals surface area contributed by atoms with Crippen LogP contribution in [-0.4, -0.2) is 76.5 Å². The van der Waals surface area contributed by atoms with Crippen LogP contribution in [0, 0.1) is 5.82 Å². The first-order valence-corrected chi connectivity index (χ1v) is 11.5. The SMILES string of the molecule is CCc1c(C(=O)NCCCN2CCN(C(=O)OC(C)(C)C)CC2)cnn1-c1ccc(F)cc1. The highest BCUT2D eigenvalue weighted by molar-refractivity contribution is 5.95. The van der Waals surface area contributed by atoms with E-state index < -0.39 is 5.60 Å². The Bertz CT molecular complexity index is 944. The van der Waals surface area contributed by atoms with Crippen molar-refractivity contribution in [2.45, 2.75) is 46.1 Å². The maximum absolute atomic E-state index is 13.2. The number of halogens is 1. The lowest BCUT2D eigenvalue weighted by molar-refractivity contribution is 0.0144. The molecule has 8 nitrogen and oxygen atoms in total. The minimum atomic E-state index is -0.487. The minimum Gasteiger partial charge on any atom is -0.444 e. The molecule has 1 aliphatic heterocycles. The molecule has 180 valence electrons. The molecule has 3 rings (SSSR count). The van der Waals surface area contributed by atoms with Gasteiger partial charge < -0.3 is 15.0 Å². The Kier molecular flexibility index (Phi) is 8.07. The van der Waals surface area contributed by atoms with Gasteiger partial charge in [-0.3, -0.25) is 9.69 Å². The Balaban J connectivity index is 1.43. The normalized spacial score (nSPS) is 14.9. The fourth-order valence-corrected chi connectivity index (χ4v) is 3.79. The Morgan fingerprint density at radius 1 is 1.12 bits per heavy atom. The van der Waals surface area contributed by atoms with Crippen LogP contribution >= 0.6 is 0 Å². The average molecular weight is 460 g/mol. The molecule has 0 atom stereocenters. The van der Waals surface area contributed by atoms with E-state index in [0.29, 0.717) is 31.6 Å². The number of amides is 2. The van der Waals surface area contributed by atoms with Crippen molar-refractivity contribution >= 4 is 12.0 Å². The molecule has 2 heterocycles. The van der Waals surface area contributed by atoms with Crippen molar-refractivity contribution in [3.63, 3.8) is 0 Å². The van der Waals surface area contributed by atoms with Crippen LogP contribution in [0.1, 0.15) is 50.2 Å². The van der Waals surface area contributed by atoms with Gasteiger partial charge in [0.1, 0.15) is 11.4 Å². The number of piperazine rings is 1. The third-order valence-corrected chi connectivity index (χ3v) is 5.48. The lowest BCUT2D eigenvalue weighted by Crippen LogP contribution is -2.50. The zero-order valence-electron chi connectivity index (χ0n) is 19.9. The first kappa shape index (κ1) is 24.7. The van der Waals surface area contributed by atoms with E-state index in [2.05, 4.69) is 15.3 Å². The van der Waals surface area contributed by atoms with Gasteiger partial charge in [-0.05, 0) is 64.4 Å². The summed E-state index contributed by atoms with van der Waals surface area (Å²) in [6.07, 6.45) is 2.74. The van der Waals surface area contributed by atoms with Gasteiger partial charge in [0.25, 0.3) is 5.91 Å². The number of carbonyl (C=O) groups is 2. The summed E-state index contributed by atoms with van der Waals surface area (Å²) < 4.78 is 20.3. The maximum Gasteiger partial charge on any atom is 0.410 e. The molecule has 1 N–H and O–H groups in total. The van der Waals surface area contributed by atoms with Gasteiger partial charge in [-0.15, -0.1) is 0 Å². The molecule has 0 saturated carbocycles. The highest BCUT2D eigenvalue weighted by Gasteiger charge is 2.25. The molecule has 0 aliphatic carbocycles. The van der Waals surface area contributed by atoms with Crippen molar-refractivity contribution in [3.05, 3.63) is 47.5 Å². The molecule has 33 heavy (non-hydrogen) atoms. The predicted molar refractivity (Wildman–Crippen MR) is 124 cm³/mol. The summed E-state index contributed by atoms with van der Waals surface area (Å²) in [5.74, 6) is -0.469. The van der Waals surface area contributed by atoms with E-state index in [0.717, 1.165) is 37.4 Å². The van der Waals surface area contributed by atoms with E-state index in [1.807, 2.05) is 27.7 Å². The highest BCUT2D eigenvalue weighted by atomic mass is 19.1. The Hall–Kier alpha value is -2.94. The van der Waals surface area contributed by atoms with Gasteiger partial charge in [0.05, 0.1) is 23.1 Å². The second-order valence-corrected chi connectivity index (χ2v) is 9.17. The quantitative estimate of drug-likeness (QED) is 0.643. The summed E-state index contributed by atoms with van der Waals surface area (Å²) >= 11 is 0. The van der Waals surface area contributed by atoms with Crippen LogP contribution in [0.2, 0.25) is 0 Å². The van der Waals surface area contributed by atoms with Gasteiger partial charge in [0, 0.05) is 32.7 Å². The van der Waals surface area contributed by atoms with Gasteiger partial charge in [0.2, 0.25) is 0 Å². The number of carbonyl (C=O) groups excluding carboxylic acids is 2. The fourth-order valence-electron chi connectivity index (χ4n) is 3.79. The zero-order valence-corrected chi connectivity index (χ0v) is 19.9. The van der Waals surface area contributed by atoms with Crippen molar-refractivity contribution in [2.75, 3.05) is 39.3 Å².